The number of nitrogens with zero attached hydrogens (tertiary/aromatic N) is 1. The van der Waals surface area contributed by atoms with E-state index in [0.29, 0.717) is 0 Å². The van der Waals surface area contributed by atoms with Crippen molar-refractivity contribution in [3.63, 3.8) is 0 Å². The molecular formula is C15H8F25NO3S. The highest BCUT2D eigenvalue weighted by atomic mass is 32.2. The molecule has 0 heterocycles. The predicted molar refractivity (Wildman–Crippen MR) is 89.1 cm³/mol. The number of sulfonamides is 1. The minimum atomic E-state index is -9.75. The van der Waals surface area contributed by atoms with Gasteiger partial charge in [-0.05, 0) is 0 Å². The van der Waals surface area contributed by atoms with E-state index in [1.54, 1.807) is 0 Å². The van der Waals surface area contributed by atoms with Crippen LogP contribution in [0.1, 0.15) is 0 Å². The molecule has 0 bridgehead atoms. The normalized spacial score (nSPS) is 16.9. The summed E-state index contributed by atoms with van der Waals surface area (Å²) in [6.45, 7) is -3.58. The Bertz CT molecular complexity index is 1190. The van der Waals surface area contributed by atoms with E-state index in [-0.39, 0.29) is 7.05 Å². The molecule has 0 spiro atoms. The van der Waals surface area contributed by atoms with Crippen molar-refractivity contribution >= 4 is 10.0 Å². The molecule has 0 aromatic rings. The van der Waals surface area contributed by atoms with E-state index in [1.165, 1.54) is 0 Å². The summed E-state index contributed by atoms with van der Waals surface area (Å²) >= 11 is 0. The number of aliphatic hydroxyl groups excluding tert-OH is 1. The van der Waals surface area contributed by atoms with Gasteiger partial charge in [-0.15, -0.1) is 0 Å². The van der Waals surface area contributed by atoms with Crippen molar-refractivity contribution in [2.75, 3.05) is 20.2 Å². The zero-order chi connectivity index (χ0) is 37.5. The van der Waals surface area contributed by atoms with Gasteiger partial charge in [0.2, 0.25) is 0 Å². The van der Waals surface area contributed by atoms with Crippen LogP contribution in [0.25, 0.3) is 0 Å². The first kappa shape index (κ1) is 43.1. The van der Waals surface area contributed by atoms with E-state index in [9.17, 15) is 118 Å². The number of hydrogen-bond donors (Lipinski definition) is 1. The maximum Gasteiger partial charge on any atom is 0.460 e. The minimum absolute atomic E-state index is 0.366. The van der Waals surface area contributed by atoms with Gasteiger partial charge in [0.15, 0.2) is 0 Å². The number of hydrogen-bond acceptors (Lipinski definition) is 3. The van der Waals surface area contributed by atoms with E-state index in [1.807, 2.05) is 0 Å². The van der Waals surface area contributed by atoms with Crippen molar-refractivity contribution in [3.8, 4) is 0 Å². The third-order valence-corrected chi connectivity index (χ3v) is 7.33. The number of halogens is 25. The Morgan fingerprint density at radius 1 is 0.422 bits per heavy atom. The molecule has 0 saturated carbocycles. The van der Waals surface area contributed by atoms with Crippen LogP contribution in [0.5, 0.6) is 0 Å². The fourth-order valence-electron chi connectivity index (χ4n) is 2.56. The van der Waals surface area contributed by atoms with Gasteiger partial charge < -0.3 is 5.11 Å². The molecule has 0 atom stereocenters. The smallest absolute Gasteiger partial charge is 0.395 e. The molecule has 30 heteroatoms. The Balaban J connectivity index is 7.49. The van der Waals surface area contributed by atoms with Crippen LogP contribution in [0.4, 0.5) is 110 Å². The Hall–Kier alpha value is -1.88. The summed E-state index contributed by atoms with van der Waals surface area (Å²) in [5, 5.41) is 0.389. The van der Waals surface area contributed by atoms with Crippen LogP contribution in [0.2, 0.25) is 0 Å². The van der Waals surface area contributed by atoms with E-state index in [0.717, 1.165) is 0 Å². The Kier molecular flexibility index (Phi) is 10.4. The van der Waals surface area contributed by atoms with Crippen LogP contribution in [0.3, 0.4) is 0 Å². The van der Waals surface area contributed by atoms with Gasteiger partial charge in [-0.3, -0.25) is 0 Å². The van der Waals surface area contributed by atoms with Crippen LogP contribution in [0, 0.1) is 0 Å². The molecule has 0 aliphatic heterocycles. The lowest BCUT2D eigenvalue weighted by Gasteiger charge is -2.45. The summed E-state index contributed by atoms with van der Waals surface area (Å²) in [5.74, 6) is -93.7. The minimum Gasteiger partial charge on any atom is -0.395 e. The third-order valence-electron chi connectivity index (χ3n) is 5.42. The molecule has 0 rings (SSSR count). The van der Waals surface area contributed by atoms with Gasteiger partial charge in [0.25, 0.3) is 10.0 Å². The zero-order valence-corrected chi connectivity index (χ0v) is 20.8. The van der Waals surface area contributed by atoms with Gasteiger partial charge >= 0.3 is 70.7 Å². The molecule has 1 N–H and O–H groups in total. The molecule has 0 unspecified atom stereocenters. The summed E-state index contributed by atoms with van der Waals surface area (Å²) in [7, 11) is -8.03. The second-order valence-electron chi connectivity index (χ2n) is 8.31. The molecule has 45 heavy (non-hydrogen) atoms. The quantitative estimate of drug-likeness (QED) is 0.200. The standard InChI is InChI=1S/C15H8F25NO3S/c1-41(2-3-42)45(43,44)15(39,40)13(34,35)11(30,31)9(26,27)7(22,23)5(18,19)4(16,17)6(20,21)8(24,25)10(28,29)12(32,33)14(36,37)38/h42H,2-3H2,1H3. The maximum absolute atomic E-state index is 13.9. The monoisotopic (exact) mass is 757 g/mol. The Labute approximate surface area is 229 Å². The fraction of sp³-hybridized carbons (Fsp3) is 1.00. The SMILES string of the molecule is CN(CCO)S(=O)(=O)C(F)(F)C(F)(F)C(F)(F)C(F)(F)C(F)(F)C(F)(F)C(F)(F)C(F)(F)C(F)(F)C(F)(F)C(F)(F)C(F)(F)F. The molecule has 0 aliphatic carbocycles. The Morgan fingerprint density at radius 3 is 0.822 bits per heavy atom. The lowest BCUT2D eigenvalue weighted by atomic mass is 9.85. The summed E-state index contributed by atoms with van der Waals surface area (Å²) in [5.41, 5.74) is 0. The molecule has 0 amide bonds. The highest BCUT2D eigenvalue weighted by molar-refractivity contribution is 7.90. The molecule has 272 valence electrons. The second kappa shape index (κ2) is 10.8. The van der Waals surface area contributed by atoms with Gasteiger partial charge in [0.1, 0.15) is 0 Å². The van der Waals surface area contributed by atoms with Crippen molar-refractivity contribution in [1.82, 2.24) is 4.31 Å². The molecule has 0 radical (unpaired) electrons. The first-order valence-electron chi connectivity index (χ1n) is 9.77. The molecule has 0 aromatic heterocycles. The van der Waals surface area contributed by atoms with E-state index in [4.69, 9.17) is 5.11 Å². The Morgan fingerprint density at radius 2 is 0.622 bits per heavy atom. The second-order valence-corrected chi connectivity index (χ2v) is 10.4. The fourth-order valence-corrected chi connectivity index (χ4v) is 3.72. The lowest BCUT2D eigenvalue weighted by molar-refractivity contribution is -0.480. The summed E-state index contributed by atoms with van der Waals surface area (Å²) in [6.07, 6.45) is -8.23. The molecular weight excluding hydrogens is 749 g/mol. The van der Waals surface area contributed by atoms with Crippen molar-refractivity contribution < 1.29 is 123 Å². The largest absolute Gasteiger partial charge is 0.460 e. The third kappa shape index (κ3) is 5.12. The summed E-state index contributed by atoms with van der Waals surface area (Å²) in [4.78, 5) is 0. The average Bonchev–Trinajstić information content (AvgIpc) is 2.81. The van der Waals surface area contributed by atoms with Gasteiger partial charge in [-0.25, -0.2) is 8.42 Å². The van der Waals surface area contributed by atoms with E-state index >= 15 is 0 Å². The molecule has 0 fully saturated rings. The first-order chi connectivity index (χ1) is 19.0. The van der Waals surface area contributed by atoms with Gasteiger partial charge in [-0.1, -0.05) is 0 Å². The van der Waals surface area contributed by atoms with E-state index < -0.39 is 98.1 Å². The van der Waals surface area contributed by atoms with Gasteiger partial charge in [-0.2, -0.15) is 114 Å². The van der Waals surface area contributed by atoms with Crippen LogP contribution >= 0.6 is 0 Å². The summed E-state index contributed by atoms with van der Waals surface area (Å²) in [6, 6.07) is 0. The van der Waals surface area contributed by atoms with Crippen molar-refractivity contribution in [3.05, 3.63) is 0 Å². The van der Waals surface area contributed by atoms with Crippen LogP contribution in [-0.4, -0.2) is 109 Å². The van der Waals surface area contributed by atoms with Crippen molar-refractivity contribution in [2.24, 2.45) is 0 Å². The van der Waals surface area contributed by atoms with Crippen molar-refractivity contribution in [2.45, 2.75) is 70.7 Å². The highest BCUT2D eigenvalue weighted by Gasteiger charge is 3.00. The number of aliphatic hydroxyl groups is 1. The maximum atomic E-state index is 13.9. The van der Waals surface area contributed by atoms with Gasteiger partial charge in [0, 0.05) is 13.6 Å². The van der Waals surface area contributed by atoms with Gasteiger partial charge in [0.05, 0.1) is 6.61 Å². The molecule has 4 nitrogen and oxygen atoms in total. The van der Waals surface area contributed by atoms with Crippen LogP contribution in [0.15, 0.2) is 0 Å². The topological polar surface area (TPSA) is 57.6 Å². The highest BCUT2D eigenvalue weighted by Crippen LogP contribution is 2.68. The van der Waals surface area contributed by atoms with Crippen LogP contribution < -0.4 is 0 Å². The molecule has 0 saturated heterocycles. The molecule has 0 aromatic carbocycles. The first-order valence-corrected chi connectivity index (χ1v) is 11.2. The summed E-state index contributed by atoms with van der Waals surface area (Å²) < 4.78 is 356. The lowest BCUT2D eigenvalue weighted by Crippen LogP contribution is -2.78. The molecule has 0 aliphatic rings. The van der Waals surface area contributed by atoms with Crippen LogP contribution in [-0.2, 0) is 10.0 Å². The average molecular weight is 757 g/mol. The zero-order valence-electron chi connectivity index (χ0n) is 20.0. The predicted octanol–water partition coefficient (Wildman–Crippen LogP) is 6.75. The van der Waals surface area contributed by atoms with E-state index in [2.05, 4.69) is 0 Å². The number of rotatable bonds is 14. The number of likely N-dealkylation sites (N-methyl/N-ethyl adjacent to an activating group) is 1. The van der Waals surface area contributed by atoms with Crippen molar-refractivity contribution in [1.29, 1.82) is 0 Å². The number of alkyl halides is 25.